The molecule has 2 aromatic rings. The number of aromatic nitrogens is 2. The van der Waals surface area contributed by atoms with Crippen LogP contribution in [0.3, 0.4) is 0 Å². The van der Waals surface area contributed by atoms with Crippen molar-refractivity contribution in [2.45, 2.75) is 17.7 Å². The van der Waals surface area contributed by atoms with Crippen molar-refractivity contribution >= 4 is 50.9 Å². The van der Waals surface area contributed by atoms with Crippen LogP contribution in [0.4, 0.5) is 13.2 Å². The minimum absolute atomic E-state index is 0.0932. The van der Waals surface area contributed by atoms with Crippen LogP contribution < -0.4 is 0 Å². The van der Waals surface area contributed by atoms with Crippen LogP contribution >= 0.6 is 50.9 Å². The molecule has 1 aromatic carbocycles. The summed E-state index contributed by atoms with van der Waals surface area (Å²) in [5.41, 5.74) is 1.27. The lowest BCUT2D eigenvalue weighted by molar-refractivity contribution is -0.137. The van der Waals surface area contributed by atoms with Gasteiger partial charge in [-0.2, -0.15) is 30.0 Å². The lowest BCUT2D eigenvalue weighted by atomic mass is 10.2. The summed E-state index contributed by atoms with van der Waals surface area (Å²) in [6, 6.07) is 1.72. The molecule has 112 valence electrons. The van der Waals surface area contributed by atoms with E-state index >= 15 is 0 Å². The zero-order valence-corrected chi connectivity index (χ0v) is 14.1. The first-order valence-electron chi connectivity index (χ1n) is 5.69. The highest BCUT2D eigenvalue weighted by Gasteiger charge is 2.33. The fourth-order valence-electron chi connectivity index (χ4n) is 2.06. The van der Waals surface area contributed by atoms with Gasteiger partial charge < -0.3 is 0 Å². The van der Waals surface area contributed by atoms with Crippen LogP contribution in [0.5, 0.6) is 0 Å². The topological polar surface area (TPSA) is 17.8 Å². The van der Waals surface area contributed by atoms with E-state index in [2.05, 4.69) is 21.0 Å². The Morgan fingerprint density at radius 1 is 1.19 bits per heavy atom. The molecule has 0 bridgehead atoms. The van der Waals surface area contributed by atoms with Gasteiger partial charge in [0.15, 0.2) is 0 Å². The lowest BCUT2D eigenvalue weighted by Gasteiger charge is -2.13. The predicted molar refractivity (Wildman–Crippen MR) is 81.3 cm³/mol. The maximum atomic E-state index is 12.7. The van der Waals surface area contributed by atoms with Crippen LogP contribution in [0.2, 0.25) is 10.0 Å². The largest absolute Gasteiger partial charge is 0.416 e. The number of thioether (sulfide) groups is 1. The van der Waals surface area contributed by atoms with E-state index in [0.29, 0.717) is 4.60 Å². The van der Waals surface area contributed by atoms with E-state index in [9.17, 15) is 13.2 Å². The molecule has 2 nitrogen and oxygen atoms in total. The summed E-state index contributed by atoms with van der Waals surface area (Å²) in [4.78, 5) is 0. The van der Waals surface area contributed by atoms with Gasteiger partial charge in [0.1, 0.15) is 10.3 Å². The molecule has 3 rings (SSSR count). The fourth-order valence-corrected chi connectivity index (χ4v) is 4.55. The van der Waals surface area contributed by atoms with E-state index in [0.717, 1.165) is 34.9 Å². The molecule has 0 spiro atoms. The second kappa shape index (κ2) is 5.37. The molecule has 1 aliphatic heterocycles. The molecule has 0 fully saturated rings. The van der Waals surface area contributed by atoms with Crippen LogP contribution in [-0.4, -0.2) is 9.78 Å². The predicted octanol–water partition coefficient (Wildman–Crippen LogP) is 5.71. The van der Waals surface area contributed by atoms with Crippen LogP contribution in [-0.2, 0) is 17.7 Å². The first-order valence-corrected chi connectivity index (χ1v) is 8.40. The van der Waals surface area contributed by atoms with E-state index in [1.54, 1.807) is 11.8 Å². The Hall–Kier alpha value is -0.370. The number of rotatable bonds is 1. The highest BCUT2D eigenvalue weighted by Crippen LogP contribution is 2.41. The van der Waals surface area contributed by atoms with Gasteiger partial charge in [-0.1, -0.05) is 23.2 Å². The standard InChI is InChI=1S/C12H6BrCl2F3N2S/c13-11-6-3-21-4-9(6)19-20(11)10-7(14)1-5(2-8(10)15)12(16,17)18/h1-2H,3-4H2. The summed E-state index contributed by atoms with van der Waals surface area (Å²) >= 11 is 17.1. The monoisotopic (exact) mass is 416 g/mol. The third-order valence-corrected chi connectivity index (χ3v) is 5.41. The van der Waals surface area contributed by atoms with Crippen LogP contribution in [0, 0.1) is 0 Å². The van der Waals surface area contributed by atoms with Crippen molar-refractivity contribution in [1.82, 2.24) is 9.78 Å². The average molecular weight is 418 g/mol. The average Bonchev–Trinajstić information content (AvgIpc) is 2.92. The number of hydrogen-bond donors (Lipinski definition) is 0. The van der Waals surface area contributed by atoms with Gasteiger partial charge >= 0.3 is 6.18 Å². The quantitative estimate of drug-likeness (QED) is 0.591. The molecule has 0 atom stereocenters. The number of benzene rings is 1. The molecule has 0 saturated carbocycles. The highest BCUT2D eigenvalue weighted by atomic mass is 79.9. The first kappa shape index (κ1) is 15.5. The third kappa shape index (κ3) is 2.69. The molecule has 0 radical (unpaired) electrons. The molecule has 0 N–H and O–H groups in total. The Kier molecular flexibility index (Phi) is 3.97. The van der Waals surface area contributed by atoms with Crippen molar-refractivity contribution in [2.24, 2.45) is 0 Å². The second-order valence-corrected chi connectivity index (χ2v) is 6.96. The van der Waals surface area contributed by atoms with E-state index in [1.165, 1.54) is 4.68 Å². The minimum atomic E-state index is -4.49. The van der Waals surface area contributed by atoms with Gasteiger partial charge in [0.2, 0.25) is 0 Å². The molecular weight excluding hydrogens is 412 g/mol. The smallest absolute Gasteiger partial charge is 0.223 e. The van der Waals surface area contributed by atoms with Crippen LogP contribution in [0.25, 0.3) is 5.69 Å². The van der Waals surface area contributed by atoms with Crippen molar-refractivity contribution in [3.05, 3.63) is 43.6 Å². The van der Waals surface area contributed by atoms with Gasteiger partial charge in [-0.05, 0) is 28.1 Å². The zero-order chi connectivity index (χ0) is 15.4. The maximum Gasteiger partial charge on any atom is 0.416 e. The molecule has 0 unspecified atom stereocenters. The van der Waals surface area contributed by atoms with E-state index in [1.807, 2.05) is 0 Å². The van der Waals surface area contributed by atoms with Crippen molar-refractivity contribution in [2.75, 3.05) is 0 Å². The SMILES string of the molecule is FC(F)(F)c1cc(Cl)c(-n2nc3c(c2Br)CSC3)c(Cl)c1. The van der Waals surface area contributed by atoms with Crippen LogP contribution in [0.15, 0.2) is 16.7 Å². The van der Waals surface area contributed by atoms with E-state index < -0.39 is 11.7 Å². The number of hydrogen-bond acceptors (Lipinski definition) is 2. The van der Waals surface area contributed by atoms with Crippen LogP contribution in [0.1, 0.15) is 16.8 Å². The van der Waals surface area contributed by atoms with Crippen molar-refractivity contribution in [3.63, 3.8) is 0 Å². The third-order valence-electron chi connectivity index (χ3n) is 3.05. The van der Waals surface area contributed by atoms with Crippen molar-refractivity contribution in [1.29, 1.82) is 0 Å². The van der Waals surface area contributed by atoms with Gasteiger partial charge in [-0.25, -0.2) is 4.68 Å². The Morgan fingerprint density at radius 3 is 2.33 bits per heavy atom. The molecule has 0 aliphatic carbocycles. The Balaban J connectivity index is 2.16. The normalized spacial score (nSPS) is 14.6. The molecule has 2 heterocycles. The molecular formula is C12H6BrCl2F3N2S. The van der Waals surface area contributed by atoms with Gasteiger partial charge in [0.05, 0.1) is 21.3 Å². The Morgan fingerprint density at radius 2 is 1.81 bits per heavy atom. The van der Waals surface area contributed by atoms with Crippen molar-refractivity contribution < 1.29 is 13.2 Å². The minimum Gasteiger partial charge on any atom is -0.223 e. The van der Waals surface area contributed by atoms with Gasteiger partial charge in [-0.3, -0.25) is 0 Å². The number of nitrogens with zero attached hydrogens (tertiary/aromatic N) is 2. The number of alkyl halides is 3. The summed E-state index contributed by atoms with van der Waals surface area (Å²) in [5.74, 6) is 1.56. The highest BCUT2D eigenvalue weighted by molar-refractivity contribution is 9.10. The van der Waals surface area contributed by atoms with E-state index in [4.69, 9.17) is 23.2 Å². The molecule has 1 aliphatic rings. The lowest BCUT2D eigenvalue weighted by Crippen LogP contribution is -2.07. The van der Waals surface area contributed by atoms with Gasteiger partial charge in [0.25, 0.3) is 0 Å². The molecule has 1 aromatic heterocycles. The van der Waals surface area contributed by atoms with Gasteiger partial charge in [-0.15, -0.1) is 0 Å². The zero-order valence-electron chi connectivity index (χ0n) is 10.1. The second-order valence-electron chi connectivity index (χ2n) is 4.41. The molecule has 0 saturated heterocycles. The summed E-state index contributed by atoms with van der Waals surface area (Å²) in [6.07, 6.45) is -4.49. The number of fused-ring (bicyclic) bond motifs is 1. The summed E-state index contributed by atoms with van der Waals surface area (Å²) in [5, 5.41) is 4.19. The summed E-state index contributed by atoms with van der Waals surface area (Å²) in [7, 11) is 0. The summed E-state index contributed by atoms with van der Waals surface area (Å²) < 4.78 is 40.4. The van der Waals surface area contributed by atoms with E-state index in [-0.39, 0.29) is 15.7 Å². The summed E-state index contributed by atoms with van der Waals surface area (Å²) in [6.45, 7) is 0. The molecule has 9 heteroatoms. The molecule has 0 amide bonds. The Bertz CT molecular complexity index is 707. The molecule has 21 heavy (non-hydrogen) atoms. The van der Waals surface area contributed by atoms with Crippen molar-refractivity contribution in [3.8, 4) is 5.69 Å². The number of halogens is 6. The maximum absolute atomic E-state index is 12.7. The Labute approximate surface area is 140 Å². The van der Waals surface area contributed by atoms with Gasteiger partial charge in [0, 0.05) is 17.1 Å². The first-order chi connectivity index (χ1) is 9.79. The fraction of sp³-hybridized carbons (Fsp3) is 0.250.